The summed E-state index contributed by atoms with van der Waals surface area (Å²) >= 11 is 6.52. The van der Waals surface area contributed by atoms with Gasteiger partial charge in [-0.1, -0.05) is 11.6 Å². The number of nitrogens with one attached hydrogen (secondary N) is 2. The van der Waals surface area contributed by atoms with Crippen LogP contribution in [-0.2, 0) is 0 Å². The van der Waals surface area contributed by atoms with Crippen LogP contribution in [-0.4, -0.2) is 47.9 Å². The van der Waals surface area contributed by atoms with Crippen molar-refractivity contribution in [2.45, 2.75) is 50.6 Å². The summed E-state index contributed by atoms with van der Waals surface area (Å²) < 4.78 is 0. The average Bonchev–Trinajstić information content (AvgIpc) is 3.64. The molecule has 2 amide bonds. The minimum Gasteiger partial charge on any atom is -0.355 e. The van der Waals surface area contributed by atoms with Crippen molar-refractivity contribution in [3.8, 4) is 0 Å². The van der Waals surface area contributed by atoms with Crippen LogP contribution in [0, 0.1) is 0 Å². The molecule has 1 aliphatic carbocycles. The van der Waals surface area contributed by atoms with Crippen molar-refractivity contribution >= 4 is 23.4 Å². The first-order valence-electron chi connectivity index (χ1n) is 11.0. The highest BCUT2D eigenvalue weighted by Crippen LogP contribution is 2.39. The molecular weight excluding hydrogens is 412 g/mol. The number of benzene rings is 1. The molecule has 2 unspecified atom stereocenters. The Bertz CT molecular complexity index is 970. The average molecular weight is 441 g/mol. The van der Waals surface area contributed by atoms with Gasteiger partial charge < -0.3 is 15.5 Å². The third-order valence-corrected chi connectivity index (χ3v) is 6.69. The van der Waals surface area contributed by atoms with E-state index in [-0.39, 0.29) is 23.9 Å². The van der Waals surface area contributed by atoms with Crippen molar-refractivity contribution in [2.24, 2.45) is 0 Å². The predicted molar refractivity (Wildman–Crippen MR) is 122 cm³/mol. The van der Waals surface area contributed by atoms with Gasteiger partial charge in [-0.25, -0.2) is 0 Å². The molecule has 31 heavy (non-hydrogen) atoms. The van der Waals surface area contributed by atoms with Gasteiger partial charge in [-0.05, 0) is 80.5 Å². The van der Waals surface area contributed by atoms with Crippen LogP contribution in [0.2, 0.25) is 5.02 Å². The van der Waals surface area contributed by atoms with Crippen molar-refractivity contribution in [3.05, 3.63) is 63.9 Å². The summed E-state index contributed by atoms with van der Waals surface area (Å²) in [7, 11) is 1.60. The van der Waals surface area contributed by atoms with E-state index in [2.05, 4.69) is 15.6 Å². The zero-order valence-electron chi connectivity index (χ0n) is 18.0. The Kier molecular flexibility index (Phi) is 6.58. The maximum absolute atomic E-state index is 13.8. The Labute approximate surface area is 188 Å². The quantitative estimate of drug-likeness (QED) is 0.713. The molecule has 2 heterocycles. The van der Waals surface area contributed by atoms with E-state index in [0.29, 0.717) is 22.1 Å². The lowest BCUT2D eigenvalue weighted by molar-refractivity contribution is 0.0671. The second-order valence-electron chi connectivity index (χ2n) is 8.44. The normalized spacial score (nSPS) is 19.5. The largest absolute Gasteiger partial charge is 0.355 e. The van der Waals surface area contributed by atoms with Gasteiger partial charge in [-0.15, -0.1) is 0 Å². The lowest BCUT2D eigenvalue weighted by Crippen LogP contribution is -2.37. The van der Waals surface area contributed by atoms with Gasteiger partial charge >= 0.3 is 0 Å². The van der Waals surface area contributed by atoms with Crippen molar-refractivity contribution in [2.75, 3.05) is 20.1 Å². The number of pyridine rings is 1. The van der Waals surface area contributed by atoms with E-state index < -0.39 is 0 Å². The van der Waals surface area contributed by atoms with E-state index in [1.165, 1.54) is 0 Å². The molecule has 1 saturated heterocycles. The molecule has 0 radical (unpaired) electrons. The fourth-order valence-electron chi connectivity index (χ4n) is 4.51. The molecule has 1 saturated carbocycles. The molecule has 1 aliphatic heterocycles. The predicted octanol–water partition coefficient (Wildman–Crippen LogP) is 3.93. The highest BCUT2D eigenvalue weighted by atomic mass is 35.5. The lowest BCUT2D eigenvalue weighted by atomic mass is 9.88. The number of aromatic nitrogens is 1. The smallest absolute Gasteiger partial charge is 0.256 e. The monoisotopic (exact) mass is 440 g/mol. The third kappa shape index (κ3) is 4.60. The summed E-state index contributed by atoms with van der Waals surface area (Å²) in [4.78, 5) is 32.2. The standard InChI is InChI=1S/C24H29ClN4O2/c1-15(20-12-16(23(30)26-2)5-8-22(20)25)29(18-6-7-18)24(31)21-14-28-11-9-19(21)17-4-3-10-27-13-17/h5,8-9,11-12,14-15,17-18,27H,3-4,6-7,10,13H2,1-2H3,(H,26,30). The van der Waals surface area contributed by atoms with Gasteiger partial charge in [0.15, 0.2) is 0 Å². The highest BCUT2D eigenvalue weighted by Gasteiger charge is 2.38. The molecule has 164 valence electrons. The van der Waals surface area contributed by atoms with Gasteiger partial charge in [-0.2, -0.15) is 0 Å². The summed E-state index contributed by atoms with van der Waals surface area (Å²) in [5, 5.41) is 6.65. The molecule has 0 spiro atoms. The number of hydrogen-bond acceptors (Lipinski definition) is 4. The second-order valence-corrected chi connectivity index (χ2v) is 8.85. The maximum Gasteiger partial charge on any atom is 0.256 e. The van der Waals surface area contributed by atoms with Gasteiger partial charge in [-0.3, -0.25) is 14.6 Å². The van der Waals surface area contributed by atoms with Gasteiger partial charge in [0.1, 0.15) is 0 Å². The van der Waals surface area contributed by atoms with Crippen LogP contribution in [0.15, 0.2) is 36.7 Å². The summed E-state index contributed by atoms with van der Waals surface area (Å²) in [6.07, 6.45) is 7.60. The first-order valence-corrected chi connectivity index (χ1v) is 11.4. The highest BCUT2D eigenvalue weighted by molar-refractivity contribution is 6.31. The van der Waals surface area contributed by atoms with Gasteiger partial charge in [0.25, 0.3) is 11.8 Å². The number of nitrogens with zero attached hydrogens (tertiary/aromatic N) is 2. The van der Waals surface area contributed by atoms with Crippen LogP contribution in [0.4, 0.5) is 0 Å². The first-order chi connectivity index (χ1) is 15.0. The second kappa shape index (κ2) is 9.37. The Balaban J connectivity index is 1.68. The number of carbonyl (C=O) groups excluding carboxylic acids is 2. The zero-order valence-corrected chi connectivity index (χ0v) is 18.8. The van der Waals surface area contributed by atoms with Crippen LogP contribution in [0.3, 0.4) is 0 Å². The Morgan fingerprint density at radius 1 is 1.26 bits per heavy atom. The molecule has 2 aromatic rings. The number of rotatable bonds is 6. The molecular formula is C24H29ClN4O2. The molecule has 0 bridgehead atoms. The van der Waals surface area contributed by atoms with Crippen LogP contribution >= 0.6 is 11.6 Å². The molecule has 2 atom stereocenters. The summed E-state index contributed by atoms with van der Waals surface area (Å²) in [5.74, 6) is 0.131. The molecule has 1 aromatic carbocycles. The van der Waals surface area contributed by atoms with Crippen molar-refractivity contribution in [1.82, 2.24) is 20.5 Å². The van der Waals surface area contributed by atoms with E-state index in [0.717, 1.165) is 49.9 Å². The van der Waals surface area contributed by atoms with Gasteiger partial charge in [0.2, 0.25) is 0 Å². The molecule has 4 rings (SSSR count). The van der Waals surface area contributed by atoms with Gasteiger partial charge in [0, 0.05) is 42.6 Å². The van der Waals surface area contributed by atoms with Gasteiger partial charge in [0.05, 0.1) is 11.6 Å². The topological polar surface area (TPSA) is 74.3 Å². The van der Waals surface area contributed by atoms with E-state index in [1.54, 1.807) is 37.6 Å². The molecule has 2 N–H and O–H groups in total. The Hall–Kier alpha value is -2.44. The maximum atomic E-state index is 13.8. The molecule has 2 fully saturated rings. The van der Waals surface area contributed by atoms with E-state index in [4.69, 9.17) is 11.6 Å². The summed E-state index contributed by atoms with van der Waals surface area (Å²) in [6.45, 7) is 3.89. The van der Waals surface area contributed by atoms with Crippen molar-refractivity contribution in [3.63, 3.8) is 0 Å². The van der Waals surface area contributed by atoms with E-state index in [9.17, 15) is 9.59 Å². The fourth-order valence-corrected chi connectivity index (χ4v) is 4.78. The van der Waals surface area contributed by atoms with Crippen molar-refractivity contribution < 1.29 is 9.59 Å². The summed E-state index contributed by atoms with van der Waals surface area (Å²) in [5.41, 5.74) is 3.06. The van der Waals surface area contributed by atoms with Crippen molar-refractivity contribution in [1.29, 1.82) is 0 Å². The summed E-state index contributed by atoms with van der Waals surface area (Å²) in [6, 6.07) is 7.14. The Morgan fingerprint density at radius 2 is 2.06 bits per heavy atom. The van der Waals surface area contributed by atoms with Crippen LogP contribution in [0.25, 0.3) is 0 Å². The molecule has 6 nitrogen and oxygen atoms in total. The number of amides is 2. The lowest BCUT2D eigenvalue weighted by Gasteiger charge is -2.32. The molecule has 7 heteroatoms. The fraction of sp³-hybridized carbons (Fsp3) is 0.458. The first kappa shape index (κ1) is 21.8. The minimum atomic E-state index is -0.255. The van der Waals surface area contributed by atoms with E-state index >= 15 is 0 Å². The SMILES string of the molecule is CNC(=O)c1ccc(Cl)c(C(C)N(C(=O)c2cnccc2C2CCCNC2)C2CC2)c1. The number of piperidine rings is 1. The van der Waals surface area contributed by atoms with Crippen LogP contribution in [0.5, 0.6) is 0 Å². The molecule has 1 aromatic heterocycles. The number of carbonyl (C=O) groups is 2. The number of hydrogen-bond donors (Lipinski definition) is 2. The zero-order chi connectivity index (χ0) is 22.0. The number of halogens is 1. The van der Waals surface area contributed by atoms with Crippen LogP contribution in [0.1, 0.15) is 76.4 Å². The van der Waals surface area contributed by atoms with E-state index in [1.807, 2.05) is 17.9 Å². The molecule has 2 aliphatic rings. The Morgan fingerprint density at radius 3 is 2.74 bits per heavy atom. The third-order valence-electron chi connectivity index (χ3n) is 6.35. The van der Waals surface area contributed by atoms with Crippen LogP contribution < -0.4 is 10.6 Å². The minimum absolute atomic E-state index is 0.00918.